The number of likely N-dealkylation sites (tertiary alicyclic amines) is 1. The van der Waals surface area contributed by atoms with E-state index in [0.29, 0.717) is 5.02 Å². The van der Waals surface area contributed by atoms with Crippen molar-refractivity contribution >= 4 is 34.9 Å². The van der Waals surface area contributed by atoms with Gasteiger partial charge in [-0.05, 0) is 35.4 Å². The minimum atomic E-state index is -0.385. The van der Waals surface area contributed by atoms with Crippen LogP contribution in [0.15, 0.2) is 48.5 Å². The average molecular weight is 406 g/mol. The summed E-state index contributed by atoms with van der Waals surface area (Å²) < 4.78 is 5.22. The Morgan fingerprint density at radius 2 is 1.70 bits per heavy atom. The van der Waals surface area contributed by atoms with Crippen LogP contribution < -0.4 is 4.74 Å². The molecule has 2 aromatic carbocycles. The Kier molecular flexibility index (Phi) is 6.08. The zero-order valence-electron chi connectivity index (χ0n) is 15.2. The minimum Gasteiger partial charge on any atom is -0.497 e. The number of alkyl halides is 1. The number of carbonyl (C=O) groups is 2. The fourth-order valence-electron chi connectivity index (χ4n) is 3.70. The Morgan fingerprint density at radius 3 is 2.26 bits per heavy atom. The lowest BCUT2D eigenvalue weighted by atomic mass is 9.80. The number of halogens is 2. The standard InChI is InChI=1S/C21H21Cl2NO3/c1-13-19(25)11-18(14-3-7-16(23)8-4-14)24(20(26)12-22)21(13)15-5-9-17(27-2)10-6-15/h3-10,13,18,21H,11-12H2,1-2H3. The second-order valence-electron chi connectivity index (χ2n) is 6.68. The third kappa shape index (κ3) is 3.97. The van der Waals surface area contributed by atoms with E-state index in [1.165, 1.54) is 0 Å². The number of rotatable bonds is 4. The molecule has 1 saturated heterocycles. The van der Waals surface area contributed by atoms with E-state index < -0.39 is 0 Å². The first-order valence-electron chi connectivity index (χ1n) is 8.75. The summed E-state index contributed by atoms with van der Waals surface area (Å²) in [6.07, 6.45) is 0.262. The highest BCUT2D eigenvalue weighted by Gasteiger charge is 2.43. The highest BCUT2D eigenvalue weighted by molar-refractivity contribution is 6.30. The Balaban J connectivity index is 2.07. The van der Waals surface area contributed by atoms with E-state index in [2.05, 4.69) is 0 Å². The number of methoxy groups -OCH3 is 1. The zero-order chi connectivity index (χ0) is 19.6. The van der Waals surface area contributed by atoms with Gasteiger partial charge < -0.3 is 9.64 Å². The quantitative estimate of drug-likeness (QED) is 0.685. The molecule has 4 nitrogen and oxygen atoms in total. The molecule has 1 amide bonds. The first-order chi connectivity index (χ1) is 13.0. The number of ketones is 1. The molecule has 3 unspecified atom stereocenters. The molecule has 2 aromatic rings. The van der Waals surface area contributed by atoms with E-state index in [-0.39, 0.29) is 42.0 Å². The highest BCUT2D eigenvalue weighted by atomic mass is 35.5. The third-order valence-corrected chi connectivity index (χ3v) is 5.61. The van der Waals surface area contributed by atoms with Crippen molar-refractivity contribution in [2.75, 3.05) is 13.0 Å². The maximum atomic E-state index is 12.8. The average Bonchev–Trinajstić information content (AvgIpc) is 2.69. The summed E-state index contributed by atoms with van der Waals surface area (Å²) in [5.74, 6) is 0.177. The van der Waals surface area contributed by atoms with Crippen molar-refractivity contribution in [2.45, 2.75) is 25.4 Å². The van der Waals surface area contributed by atoms with E-state index in [0.717, 1.165) is 16.9 Å². The molecule has 142 valence electrons. The van der Waals surface area contributed by atoms with Crippen molar-refractivity contribution in [1.29, 1.82) is 0 Å². The predicted molar refractivity (Wildman–Crippen MR) is 106 cm³/mol. The maximum Gasteiger partial charge on any atom is 0.238 e. The van der Waals surface area contributed by atoms with Gasteiger partial charge in [0.25, 0.3) is 0 Å². The van der Waals surface area contributed by atoms with Crippen LogP contribution in [0, 0.1) is 5.92 Å². The van der Waals surface area contributed by atoms with Crippen molar-refractivity contribution in [3.8, 4) is 5.75 Å². The van der Waals surface area contributed by atoms with Gasteiger partial charge in [0.2, 0.25) is 5.91 Å². The molecule has 0 aliphatic carbocycles. The predicted octanol–water partition coefficient (Wildman–Crippen LogP) is 4.81. The molecule has 1 heterocycles. The number of benzene rings is 2. The van der Waals surface area contributed by atoms with Crippen molar-refractivity contribution in [3.63, 3.8) is 0 Å². The van der Waals surface area contributed by atoms with Crippen LogP contribution >= 0.6 is 23.2 Å². The first-order valence-corrected chi connectivity index (χ1v) is 9.66. The highest BCUT2D eigenvalue weighted by Crippen LogP contribution is 2.43. The molecule has 6 heteroatoms. The van der Waals surface area contributed by atoms with Crippen LogP contribution in [0.3, 0.4) is 0 Å². The lowest BCUT2D eigenvalue weighted by molar-refractivity contribution is -0.144. The van der Waals surface area contributed by atoms with Crippen LogP contribution in [0.2, 0.25) is 5.02 Å². The number of hydrogen-bond donors (Lipinski definition) is 0. The molecule has 1 aliphatic rings. The second kappa shape index (κ2) is 8.32. The number of carbonyl (C=O) groups excluding carboxylic acids is 2. The summed E-state index contributed by atoms with van der Waals surface area (Å²) in [6.45, 7) is 1.86. The van der Waals surface area contributed by atoms with E-state index in [1.54, 1.807) is 24.1 Å². The van der Waals surface area contributed by atoms with E-state index in [9.17, 15) is 9.59 Å². The van der Waals surface area contributed by atoms with Gasteiger partial charge >= 0.3 is 0 Å². The molecule has 3 rings (SSSR count). The summed E-state index contributed by atoms with van der Waals surface area (Å²) in [6, 6.07) is 14.0. The Bertz CT molecular complexity index is 820. The number of nitrogens with zero attached hydrogens (tertiary/aromatic N) is 1. The van der Waals surface area contributed by atoms with Crippen molar-refractivity contribution in [3.05, 3.63) is 64.7 Å². The fourth-order valence-corrected chi connectivity index (χ4v) is 3.96. The van der Waals surface area contributed by atoms with Crippen molar-refractivity contribution in [2.24, 2.45) is 5.92 Å². The van der Waals surface area contributed by atoms with Gasteiger partial charge in [0.1, 0.15) is 17.4 Å². The maximum absolute atomic E-state index is 12.8. The van der Waals surface area contributed by atoms with Gasteiger partial charge in [-0.15, -0.1) is 11.6 Å². The molecule has 27 heavy (non-hydrogen) atoms. The number of hydrogen-bond acceptors (Lipinski definition) is 3. The molecule has 0 spiro atoms. The lowest BCUT2D eigenvalue weighted by Crippen LogP contribution is -2.48. The van der Waals surface area contributed by atoms with Crippen LogP contribution in [0.5, 0.6) is 5.75 Å². The molecule has 0 radical (unpaired) electrons. The van der Waals surface area contributed by atoms with Crippen LogP contribution in [0.4, 0.5) is 0 Å². The number of amides is 1. The summed E-state index contributed by atoms with van der Waals surface area (Å²) in [5, 5.41) is 0.608. The van der Waals surface area contributed by atoms with Gasteiger partial charge in [-0.2, -0.15) is 0 Å². The molecular formula is C21H21Cl2NO3. The largest absolute Gasteiger partial charge is 0.497 e. The van der Waals surface area contributed by atoms with Gasteiger partial charge in [-0.25, -0.2) is 0 Å². The van der Waals surface area contributed by atoms with E-state index in [1.807, 2.05) is 43.3 Å². The number of Topliss-reactive ketones (excluding diaryl/α,β-unsaturated/α-hetero) is 1. The molecule has 0 aromatic heterocycles. The molecule has 0 bridgehead atoms. The molecule has 3 atom stereocenters. The summed E-state index contributed by atoms with van der Waals surface area (Å²) >= 11 is 11.9. The molecule has 0 N–H and O–H groups in total. The normalized spacial score (nSPS) is 22.6. The molecular weight excluding hydrogens is 385 g/mol. The second-order valence-corrected chi connectivity index (χ2v) is 7.38. The van der Waals surface area contributed by atoms with Crippen molar-refractivity contribution in [1.82, 2.24) is 4.90 Å². The van der Waals surface area contributed by atoms with E-state index in [4.69, 9.17) is 27.9 Å². The van der Waals surface area contributed by atoms with Crippen molar-refractivity contribution < 1.29 is 14.3 Å². The molecule has 1 aliphatic heterocycles. The summed E-state index contributed by atoms with van der Waals surface area (Å²) in [7, 11) is 1.60. The molecule has 1 fully saturated rings. The Hall–Kier alpha value is -2.04. The first kappa shape index (κ1) is 19.7. The summed E-state index contributed by atoms with van der Waals surface area (Å²) in [4.78, 5) is 27.3. The van der Waals surface area contributed by atoms with Crippen LogP contribution in [-0.4, -0.2) is 29.6 Å². The third-order valence-electron chi connectivity index (χ3n) is 5.13. The van der Waals surface area contributed by atoms with Crippen LogP contribution in [0.1, 0.15) is 36.6 Å². The number of piperidine rings is 1. The Morgan fingerprint density at radius 1 is 1.11 bits per heavy atom. The van der Waals surface area contributed by atoms with Gasteiger partial charge in [0.15, 0.2) is 0 Å². The van der Waals surface area contributed by atoms with Gasteiger partial charge in [-0.3, -0.25) is 9.59 Å². The van der Waals surface area contributed by atoms with Gasteiger partial charge in [-0.1, -0.05) is 42.8 Å². The minimum absolute atomic E-state index is 0.120. The molecule has 0 saturated carbocycles. The number of ether oxygens (including phenoxy) is 1. The van der Waals surface area contributed by atoms with E-state index >= 15 is 0 Å². The SMILES string of the molecule is COc1ccc(C2C(C)C(=O)CC(c3ccc(Cl)cc3)N2C(=O)CCl)cc1. The van der Waals surface area contributed by atoms with Crippen LogP contribution in [0.25, 0.3) is 0 Å². The topological polar surface area (TPSA) is 46.6 Å². The van der Waals surface area contributed by atoms with Gasteiger partial charge in [0, 0.05) is 17.4 Å². The van der Waals surface area contributed by atoms with Crippen LogP contribution in [-0.2, 0) is 9.59 Å². The lowest BCUT2D eigenvalue weighted by Gasteiger charge is -2.45. The monoisotopic (exact) mass is 405 g/mol. The smallest absolute Gasteiger partial charge is 0.238 e. The fraction of sp³-hybridized carbons (Fsp3) is 0.333. The van der Waals surface area contributed by atoms with Gasteiger partial charge in [0.05, 0.1) is 19.2 Å². The summed E-state index contributed by atoms with van der Waals surface area (Å²) in [5.41, 5.74) is 1.76. The Labute approximate surface area is 169 Å². The zero-order valence-corrected chi connectivity index (χ0v) is 16.7.